The van der Waals surface area contributed by atoms with Gasteiger partial charge in [0, 0.05) is 28.2 Å². The average Bonchev–Trinajstić information content (AvgIpc) is 2.59. The molecule has 0 amide bonds. The van der Waals surface area contributed by atoms with E-state index in [1.165, 1.54) is 5.56 Å². The smallest absolute Gasteiger partial charge is 0.222 e. The summed E-state index contributed by atoms with van der Waals surface area (Å²) >= 11 is 12.1. The number of hydrogen-bond acceptors (Lipinski definition) is 4. The highest BCUT2D eigenvalue weighted by Crippen LogP contribution is 2.28. The van der Waals surface area contributed by atoms with Crippen LogP contribution < -0.4 is 11.1 Å². The standard InChI is InChI=1S/C19H18Cl2N4/c1-12-15(3-2-4-16(12)21)17-11-18(25-19(22)24-17)23-10-9-13-5-7-14(20)8-6-13/h2-8,11H,9-10H2,1H3,(H3,22,23,24,25). The van der Waals surface area contributed by atoms with Gasteiger partial charge in [-0.15, -0.1) is 0 Å². The molecule has 0 radical (unpaired) electrons. The molecular formula is C19H18Cl2N4. The van der Waals surface area contributed by atoms with Gasteiger partial charge in [-0.2, -0.15) is 4.98 Å². The van der Waals surface area contributed by atoms with Crippen LogP contribution in [0.1, 0.15) is 11.1 Å². The van der Waals surface area contributed by atoms with E-state index in [1.54, 1.807) is 0 Å². The first-order valence-electron chi connectivity index (χ1n) is 7.91. The molecule has 1 aromatic heterocycles. The van der Waals surface area contributed by atoms with Crippen molar-refractivity contribution in [3.63, 3.8) is 0 Å². The zero-order valence-electron chi connectivity index (χ0n) is 13.8. The van der Waals surface area contributed by atoms with Gasteiger partial charge in [0.05, 0.1) is 5.69 Å². The van der Waals surface area contributed by atoms with Gasteiger partial charge in [0.25, 0.3) is 0 Å². The quantitative estimate of drug-likeness (QED) is 0.661. The van der Waals surface area contributed by atoms with Gasteiger partial charge in [0.1, 0.15) is 5.82 Å². The molecule has 0 saturated heterocycles. The van der Waals surface area contributed by atoms with E-state index in [4.69, 9.17) is 28.9 Å². The molecule has 0 unspecified atom stereocenters. The van der Waals surface area contributed by atoms with Gasteiger partial charge in [-0.05, 0) is 42.7 Å². The normalized spacial score (nSPS) is 10.7. The molecule has 0 aliphatic rings. The summed E-state index contributed by atoms with van der Waals surface area (Å²) in [7, 11) is 0. The van der Waals surface area contributed by atoms with Gasteiger partial charge in [0.15, 0.2) is 0 Å². The molecule has 4 nitrogen and oxygen atoms in total. The summed E-state index contributed by atoms with van der Waals surface area (Å²) in [5.41, 5.74) is 9.74. The number of nitrogens with two attached hydrogens (primary N) is 1. The van der Waals surface area contributed by atoms with Crippen molar-refractivity contribution in [3.8, 4) is 11.3 Å². The molecule has 0 atom stereocenters. The molecule has 0 fully saturated rings. The fourth-order valence-electron chi connectivity index (χ4n) is 2.57. The van der Waals surface area contributed by atoms with Crippen LogP contribution in [0, 0.1) is 6.92 Å². The summed E-state index contributed by atoms with van der Waals surface area (Å²) in [6.07, 6.45) is 0.854. The Hall–Kier alpha value is -2.30. The number of aromatic nitrogens is 2. The first-order valence-corrected chi connectivity index (χ1v) is 8.67. The Bertz CT molecular complexity index is 879. The molecule has 0 saturated carbocycles. The molecule has 0 aliphatic carbocycles. The van der Waals surface area contributed by atoms with Gasteiger partial charge in [0.2, 0.25) is 5.95 Å². The predicted octanol–water partition coefficient (Wildman–Crippen LogP) is 5.00. The van der Waals surface area contributed by atoms with Gasteiger partial charge in [-0.25, -0.2) is 4.98 Å². The largest absolute Gasteiger partial charge is 0.370 e. The summed E-state index contributed by atoms with van der Waals surface area (Å²) in [5.74, 6) is 0.918. The predicted molar refractivity (Wildman–Crippen MR) is 105 cm³/mol. The molecule has 0 bridgehead atoms. The number of halogens is 2. The van der Waals surface area contributed by atoms with Gasteiger partial charge in [-0.1, -0.05) is 47.5 Å². The second-order valence-corrected chi connectivity index (χ2v) is 6.56. The summed E-state index contributed by atoms with van der Waals surface area (Å²) in [4.78, 5) is 8.59. The Morgan fingerprint density at radius 1 is 1.04 bits per heavy atom. The third-order valence-electron chi connectivity index (χ3n) is 3.92. The number of rotatable bonds is 5. The number of nitrogens with zero attached hydrogens (tertiary/aromatic N) is 2. The summed E-state index contributed by atoms with van der Waals surface area (Å²) in [6.45, 7) is 2.69. The third kappa shape index (κ3) is 4.41. The minimum atomic E-state index is 0.228. The fraction of sp³-hybridized carbons (Fsp3) is 0.158. The van der Waals surface area contributed by atoms with Crippen molar-refractivity contribution < 1.29 is 0 Å². The highest BCUT2D eigenvalue weighted by Gasteiger charge is 2.09. The Morgan fingerprint density at radius 2 is 1.80 bits per heavy atom. The Labute approximate surface area is 157 Å². The lowest BCUT2D eigenvalue weighted by atomic mass is 10.1. The lowest BCUT2D eigenvalue weighted by Crippen LogP contribution is -2.08. The Balaban J connectivity index is 1.75. The van der Waals surface area contributed by atoms with Crippen LogP contribution in [0.2, 0.25) is 10.0 Å². The minimum absolute atomic E-state index is 0.228. The number of hydrogen-bond donors (Lipinski definition) is 2. The average molecular weight is 373 g/mol. The number of nitrogens with one attached hydrogen (secondary N) is 1. The van der Waals surface area contributed by atoms with E-state index in [9.17, 15) is 0 Å². The molecule has 25 heavy (non-hydrogen) atoms. The zero-order chi connectivity index (χ0) is 17.8. The number of anilines is 2. The first-order chi connectivity index (χ1) is 12.0. The molecular weight excluding hydrogens is 355 g/mol. The maximum absolute atomic E-state index is 6.21. The molecule has 1 heterocycles. The van der Waals surface area contributed by atoms with Crippen LogP contribution in [0.15, 0.2) is 48.5 Å². The first kappa shape index (κ1) is 17.5. The summed E-state index contributed by atoms with van der Waals surface area (Å²) in [5, 5.41) is 4.73. The second kappa shape index (κ2) is 7.72. The van der Waals surface area contributed by atoms with E-state index in [0.717, 1.165) is 34.8 Å². The molecule has 3 aromatic rings. The maximum Gasteiger partial charge on any atom is 0.222 e. The van der Waals surface area contributed by atoms with Crippen LogP contribution in [-0.2, 0) is 6.42 Å². The van der Waals surface area contributed by atoms with Crippen molar-refractivity contribution in [2.45, 2.75) is 13.3 Å². The summed E-state index contributed by atoms with van der Waals surface area (Å²) < 4.78 is 0. The maximum atomic E-state index is 6.21. The lowest BCUT2D eigenvalue weighted by Gasteiger charge is -2.11. The monoisotopic (exact) mass is 372 g/mol. The van der Waals surface area contributed by atoms with Crippen molar-refractivity contribution in [2.24, 2.45) is 0 Å². The van der Waals surface area contributed by atoms with Crippen molar-refractivity contribution in [1.82, 2.24) is 9.97 Å². The van der Waals surface area contributed by atoms with E-state index in [0.29, 0.717) is 10.8 Å². The highest BCUT2D eigenvalue weighted by atomic mass is 35.5. The number of benzene rings is 2. The third-order valence-corrected chi connectivity index (χ3v) is 4.58. The van der Waals surface area contributed by atoms with Crippen LogP contribution in [-0.4, -0.2) is 16.5 Å². The highest BCUT2D eigenvalue weighted by molar-refractivity contribution is 6.31. The molecule has 128 valence electrons. The minimum Gasteiger partial charge on any atom is -0.370 e. The van der Waals surface area contributed by atoms with E-state index >= 15 is 0 Å². The lowest BCUT2D eigenvalue weighted by molar-refractivity contribution is 1.00. The molecule has 0 spiro atoms. The van der Waals surface area contributed by atoms with Gasteiger partial charge in [-0.3, -0.25) is 0 Å². The Kier molecular flexibility index (Phi) is 5.41. The fourth-order valence-corrected chi connectivity index (χ4v) is 2.87. The van der Waals surface area contributed by atoms with Crippen LogP contribution >= 0.6 is 23.2 Å². The van der Waals surface area contributed by atoms with E-state index in [-0.39, 0.29) is 5.95 Å². The van der Waals surface area contributed by atoms with Crippen LogP contribution in [0.4, 0.5) is 11.8 Å². The van der Waals surface area contributed by atoms with Gasteiger partial charge < -0.3 is 11.1 Å². The van der Waals surface area contributed by atoms with Crippen LogP contribution in [0.25, 0.3) is 11.3 Å². The van der Waals surface area contributed by atoms with Crippen molar-refractivity contribution in [3.05, 3.63) is 69.7 Å². The van der Waals surface area contributed by atoms with Crippen molar-refractivity contribution in [2.75, 3.05) is 17.6 Å². The molecule has 2 aromatic carbocycles. The second-order valence-electron chi connectivity index (χ2n) is 5.71. The molecule has 0 aliphatic heterocycles. The topological polar surface area (TPSA) is 63.8 Å². The molecule has 3 rings (SSSR count). The van der Waals surface area contributed by atoms with Crippen LogP contribution in [0.3, 0.4) is 0 Å². The van der Waals surface area contributed by atoms with Crippen molar-refractivity contribution >= 4 is 35.0 Å². The van der Waals surface area contributed by atoms with Crippen LogP contribution in [0.5, 0.6) is 0 Å². The molecule has 3 N–H and O–H groups in total. The van der Waals surface area contributed by atoms with E-state index < -0.39 is 0 Å². The SMILES string of the molecule is Cc1c(Cl)cccc1-c1cc(NCCc2ccc(Cl)cc2)nc(N)n1. The zero-order valence-corrected chi connectivity index (χ0v) is 15.3. The van der Waals surface area contributed by atoms with E-state index in [1.807, 2.05) is 55.5 Å². The number of nitrogen functional groups attached to an aromatic ring is 1. The Morgan fingerprint density at radius 3 is 2.56 bits per heavy atom. The summed E-state index contributed by atoms with van der Waals surface area (Å²) in [6, 6.07) is 15.4. The van der Waals surface area contributed by atoms with Gasteiger partial charge >= 0.3 is 0 Å². The van der Waals surface area contributed by atoms with Crippen molar-refractivity contribution in [1.29, 1.82) is 0 Å². The molecule has 6 heteroatoms. The van der Waals surface area contributed by atoms with E-state index in [2.05, 4.69) is 15.3 Å².